The summed E-state index contributed by atoms with van der Waals surface area (Å²) in [6.45, 7) is 1.12. The molecule has 0 unspecified atom stereocenters. The minimum Gasteiger partial charge on any atom is -0.368 e. The number of imidazole rings is 1. The van der Waals surface area contributed by atoms with Crippen molar-refractivity contribution in [3.05, 3.63) is 60.1 Å². The molecule has 1 saturated heterocycles. The van der Waals surface area contributed by atoms with Crippen LogP contribution >= 0.6 is 0 Å². The molecule has 1 aliphatic heterocycles. The van der Waals surface area contributed by atoms with Crippen LogP contribution in [0.25, 0.3) is 10.9 Å². The number of carbonyl (C=O) groups is 2. The van der Waals surface area contributed by atoms with Gasteiger partial charge in [0, 0.05) is 36.8 Å². The fraction of sp³-hybridized carbons (Fsp3) is 0.300. The van der Waals surface area contributed by atoms with Gasteiger partial charge in [-0.1, -0.05) is 18.2 Å². The second-order valence-electron chi connectivity index (χ2n) is 6.98. The van der Waals surface area contributed by atoms with E-state index in [9.17, 15) is 14.0 Å². The van der Waals surface area contributed by atoms with Crippen molar-refractivity contribution in [2.24, 2.45) is 5.73 Å². The average Bonchev–Trinajstić information content (AvgIpc) is 3.15. The molecule has 1 aromatic carbocycles. The summed E-state index contributed by atoms with van der Waals surface area (Å²) < 4.78 is 15.8. The summed E-state index contributed by atoms with van der Waals surface area (Å²) in [6, 6.07) is 8.04. The molecule has 1 atom stereocenters. The summed E-state index contributed by atoms with van der Waals surface area (Å²) in [5.41, 5.74) is 5.71. The van der Waals surface area contributed by atoms with Crippen LogP contribution < -0.4 is 5.73 Å². The zero-order valence-corrected chi connectivity index (χ0v) is 15.2. The number of carbonyl (C=O) groups excluding carboxylic acids is 2. The lowest BCUT2D eigenvalue weighted by molar-refractivity contribution is -0.118. The fourth-order valence-corrected chi connectivity index (χ4v) is 3.75. The van der Waals surface area contributed by atoms with E-state index in [1.807, 2.05) is 0 Å². The number of fused-ring (bicyclic) bond motifs is 1. The van der Waals surface area contributed by atoms with Gasteiger partial charge in [-0.2, -0.15) is 0 Å². The molecule has 2 N–H and O–H groups in total. The van der Waals surface area contributed by atoms with Crippen molar-refractivity contribution in [2.45, 2.75) is 25.3 Å². The van der Waals surface area contributed by atoms with Gasteiger partial charge >= 0.3 is 0 Å². The van der Waals surface area contributed by atoms with E-state index in [1.54, 1.807) is 46.1 Å². The Kier molecular flexibility index (Phi) is 4.77. The molecule has 8 heteroatoms. The second kappa shape index (κ2) is 7.38. The lowest BCUT2D eigenvalue weighted by Crippen LogP contribution is -2.40. The minimum atomic E-state index is -0.447. The van der Waals surface area contributed by atoms with E-state index in [2.05, 4.69) is 9.97 Å². The van der Waals surface area contributed by atoms with Gasteiger partial charge in [0.25, 0.3) is 5.91 Å². The van der Waals surface area contributed by atoms with E-state index in [0.717, 1.165) is 18.7 Å². The van der Waals surface area contributed by atoms with Crippen LogP contribution in [0.2, 0.25) is 0 Å². The highest BCUT2D eigenvalue weighted by molar-refractivity contribution is 5.95. The van der Waals surface area contributed by atoms with Crippen molar-refractivity contribution in [3.8, 4) is 0 Å². The quantitative estimate of drug-likeness (QED) is 0.749. The van der Waals surface area contributed by atoms with Crippen LogP contribution in [0.15, 0.2) is 42.7 Å². The van der Waals surface area contributed by atoms with Crippen LogP contribution in [-0.2, 0) is 11.3 Å². The Labute approximate surface area is 161 Å². The molecule has 144 valence electrons. The molecule has 0 saturated carbocycles. The van der Waals surface area contributed by atoms with E-state index in [4.69, 9.17) is 5.73 Å². The number of nitrogens with two attached hydrogens (primary N) is 1. The molecule has 1 fully saturated rings. The summed E-state index contributed by atoms with van der Waals surface area (Å²) in [5.74, 6) is -0.372. The average molecular weight is 381 g/mol. The first-order chi connectivity index (χ1) is 13.5. The van der Waals surface area contributed by atoms with Crippen LogP contribution in [0.1, 0.15) is 35.1 Å². The third-order valence-electron chi connectivity index (χ3n) is 5.04. The van der Waals surface area contributed by atoms with Crippen molar-refractivity contribution in [3.63, 3.8) is 0 Å². The van der Waals surface area contributed by atoms with Gasteiger partial charge in [-0.3, -0.25) is 9.59 Å². The molecule has 2 amide bonds. The number of benzene rings is 1. The zero-order valence-electron chi connectivity index (χ0n) is 15.2. The maximum absolute atomic E-state index is 14.0. The molecule has 4 rings (SSSR count). The predicted molar refractivity (Wildman–Crippen MR) is 101 cm³/mol. The van der Waals surface area contributed by atoms with E-state index < -0.39 is 11.7 Å². The predicted octanol–water partition coefficient (Wildman–Crippen LogP) is 2.08. The van der Waals surface area contributed by atoms with Gasteiger partial charge in [0.05, 0.1) is 0 Å². The van der Waals surface area contributed by atoms with Crippen molar-refractivity contribution >= 4 is 22.7 Å². The highest BCUT2D eigenvalue weighted by Gasteiger charge is 2.29. The van der Waals surface area contributed by atoms with Crippen molar-refractivity contribution in [1.82, 2.24) is 19.4 Å². The smallest absolute Gasteiger partial charge is 0.272 e. The maximum Gasteiger partial charge on any atom is 0.272 e. The van der Waals surface area contributed by atoms with Crippen LogP contribution in [-0.4, -0.2) is 44.3 Å². The third-order valence-corrected chi connectivity index (χ3v) is 5.04. The minimum absolute atomic E-state index is 0.00393. The van der Waals surface area contributed by atoms with Gasteiger partial charge < -0.3 is 15.2 Å². The Bertz CT molecular complexity index is 1050. The largest absolute Gasteiger partial charge is 0.368 e. The molecule has 0 aliphatic carbocycles. The van der Waals surface area contributed by atoms with Gasteiger partial charge in [0.15, 0.2) is 0 Å². The van der Waals surface area contributed by atoms with Crippen LogP contribution in [0.4, 0.5) is 4.39 Å². The molecule has 0 spiro atoms. The molecule has 7 nitrogen and oxygen atoms in total. The Morgan fingerprint density at radius 2 is 2.11 bits per heavy atom. The number of halogens is 1. The molecule has 28 heavy (non-hydrogen) atoms. The zero-order chi connectivity index (χ0) is 19.7. The number of hydrogen-bond acceptors (Lipinski definition) is 4. The van der Waals surface area contributed by atoms with Gasteiger partial charge in [-0.05, 0) is 25.0 Å². The third kappa shape index (κ3) is 3.45. The maximum atomic E-state index is 14.0. The number of hydrogen-bond donors (Lipinski definition) is 1. The number of likely N-dealkylation sites (tertiary alicyclic amines) is 1. The number of nitrogens with zero attached hydrogens (tertiary/aromatic N) is 4. The Morgan fingerprint density at radius 3 is 2.93 bits per heavy atom. The molecule has 0 radical (unpaired) electrons. The standard InChI is InChI=1S/C20H20FN5O2/c21-15-5-1-3-13-6-7-16(24-18(13)15)20(28)26-9-2-4-14(11-26)19-23-8-10-25(19)12-17(22)27/h1,3,5-8,10,14H,2,4,9,11-12H2,(H2,22,27)/t14-/m1/s1. The molecule has 1 aliphatic rings. The Hall–Kier alpha value is -3.29. The molecule has 3 aromatic rings. The van der Waals surface area contributed by atoms with Gasteiger partial charge in [-0.15, -0.1) is 0 Å². The molecule has 2 aromatic heterocycles. The number of aromatic nitrogens is 3. The van der Waals surface area contributed by atoms with Crippen LogP contribution in [0.5, 0.6) is 0 Å². The fourth-order valence-electron chi connectivity index (χ4n) is 3.75. The summed E-state index contributed by atoms with van der Waals surface area (Å²) >= 11 is 0. The van der Waals surface area contributed by atoms with Crippen molar-refractivity contribution in [1.29, 1.82) is 0 Å². The van der Waals surface area contributed by atoms with Crippen LogP contribution in [0.3, 0.4) is 0 Å². The number of rotatable bonds is 4. The number of primary amides is 1. The first kappa shape index (κ1) is 18.1. The van der Waals surface area contributed by atoms with Crippen LogP contribution in [0, 0.1) is 5.82 Å². The highest BCUT2D eigenvalue weighted by Crippen LogP contribution is 2.27. The number of piperidine rings is 1. The van der Waals surface area contributed by atoms with Crippen molar-refractivity contribution < 1.29 is 14.0 Å². The molecule has 3 heterocycles. The van der Waals surface area contributed by atoms with Crippen molar-refractivity contribution in [2.75, 3.05) is 13.1 Å². The monoisotopic (exact) mass is 381 g/mol. The summed E-state index contributed by atoms with van der Waals surface area (Å²) in [5, 5.41) is 0.654. The summed E-state index contributed by atoms with van der Waals surface area (Å²) in [4.78, 5) is 34.6. The van der Waals surface area contributed by atoms with Gasteiger partial charge in [0.2, 0.25) is 5.91 Å². The van der Waals surface area contributed by atoms with E-state index >= 15 is 0 Å². The molecular formula is C20H20FN5O2. The van der Waals surface area contributed by atoms with Gasteiger partial charge in [-0.25, -0.2) is 14.4 Å². The Morgan fingerprint density at radius 1 is 1.25 bits per heavy atom. The number of para-hydroxylation sites is 1. The summed E-state index contributed by atoms with van der Waals surface area (Å²) in [7, 11) is 0. The first-order valence-corrected chi connectivity index (χ1v) is 9.17. The van der Waals surface area contributed by atoms with E-state index in [-0.39, 0.29) is 29.6 Å². The van der Waals surface area contributed by atoms with E-state index in [0.29, 0.717) is 18.5 Å². The summed E-state index contributed by atoms with van der Waals surface area (Å²) in [6.07, 6.45) is 5.02. The highest BCUT2D eigenvalue weighted by atomic mass is 19.1. The number of pyridine rings is 1. The molecular weight excluding hydrogens is 361 g/mol. The first-order valence-electron chi connectivity index (χ1n) is 9.17. The topological polar surface area (TPSA) is 94.1 Å². The van der Waals surface area contributed by atoms with Gasteiger partial charge in [0.1, 0.15) is 29.4 Å². The number of amides is 2. The SMILES string of the molecule is NC(=O)Cn1ccnc1[C@@H]1CCCN(C(=O)c2ccc3cccc(F)c3n2)C1. The second-order valence-corrected chi connectivity index (χ2v) is 6.98. The lowest BCUT2D eigenvalue weighted by atomic mass is 9.96. The Balaban J connectivity index is 1.56. The normalized spacial score (nSPS) is 17.0. The van der Waals surface area contributed by atoms with E-state index in [1.165, 1.54) is 6.07 Å². The lowest BCUT2D eigenvalue weighted by Gasteiger charge is -2.32. The molecule has 0 bridgehead atoms.